The summed E-state index contributed by atoms with van der Waals surface area (Å²) < 4.78 is 0. The smallest absolute Gasteiger partial charge is 0.237 e. The zero-order chi connectivity index (χ0) is 11.6. The maximum atomic E-state index is 11.8. The van der Waals surface area contributed by atoms with E-state index < -0.39 is 0 Å². The van der Waals surface area contributed by atoms with Gasteiger partial charge in [0.1, 0.15) is 5.54 Å². The van der Waals surface area contributed by atoms with Crippen LogP contribution in [0.25, 0.3) is 0 Å². The fourth-order valence-corrected chi connectivity index (χ4v) is 3.23. The lowest BCUT2D eigenvalue weighted by Gasteiger charge is -2.41. The SMILES string of the molecule is CCC1CCC(C(N)=O)(N2CCNCC2)C1. The summed E-state index contributed by atoms with van der Waals surface area (Å²) in [7, 11) is 0. The molecule has 2 fully saturated rings. The summed E-state index contributed by atoms with van der Waals surface area (Å²) in [4.78, 5) is 14.2. The molecule has 0 bridgehead atoms. The first-order chi connectivity index (χ1) is 7.69. The van der Waals surface area contributed by atoms with E-state index in [1.165, 1.54) is 6.42 Å². The Labute approximate surface area is 97.6 Å². The van der Waals surface area contributed by atoms with Gasteiger partial charge in [-0.2, -0.15) is 0 Å². The van der Waals surface area contributed by atoms with Crippen LogP contribution in [0.2, 0.25) is 0 Å². The number of carbonyl (C=O) groups is 1. The summed E-state index contributed by atoms with van der Waals surface area (Å²) in [5.41, 5.74) is 5.35. The standard InChI is InChI=1S/C12H23N3O/c1-2-10-3-4-12(9-10,11(13)16)15-7-5-14-6-8-15/h10,14H,2-9H2,1H3,(H2,13,16). The number of carbonyl (C=O) groups excluding carboxylic acids is 1. The number of nitrogens with zero attached hydrogens (tertiary/aromatic N) is 1. The van der Waals surface area contributed by atoms with E-state index in [9.17, 15) is 4.79 Å². The minimum Gasteiger partial charge on any atom is -0.368 e. The van der Waals surface area contributed by atoms with Crippen molar-refractivity contribution in [2.24, 2.45) is 11.7 Å². The van der Waals surface area contributed by atoms with Crippen molar-refractivity contribution < 1.29 is 4.79 Å². The topological polar surface area (TPSA) is 58.4 Å². The van der Waals surface area contributed by atoms with E-state index in [0.29, 0.717) is 5.92 Å². The highest BCUT2D eigenvalue weighted by Gasteiger charge is 2.47. The molecule has 2 aliphatic rings. The van der Waals surface area contributed by atoms with Crippen molar-refractivity contribution >= 4 is 5.91 Å². The Bertz CT molecular complexity index is 263. The second-order valence-electron chi connectivity index (χ2n) is 5.15. The Morgan fingerprint density at radius 1 is 1.50 bits per heavy atom. The van der Waals surface area contributed by atoms with Gasteiger partial charge < -0.3 is 11.1 Å². The molecule has 0 aromatic carbocycles. The monoisotopic (exact) mass is 225 g/mol. The zero-order valence-corrected chi connectivity index (χ0v) is 10.2. The number of amides is 1. The molecule has 0 aromatic heterocycles. The second-order valence-corrected chi connectivity index (χ2v) is 5.15. The normalized spacial score (nSPS) is 36.4. The van der Waals surface area contributed by atoms with Crippen LogP contribution in [0.4, 0.5) is 0 Å². The Kier molecular flexibility index (Phi) is 3.50. The number of nitrogens with two attached hydrogens (primary N) is 1. The summed E-state index contributed by atoms with van der Waals surface area (Å²) in [6.07, 6.45) is 4.25. The van der Waals surface area contributed by atoms with Gasteiger partial charge in [0.15, 0.2) is 0 Å². The number of hydrogen-bond donors (Lipinski definition) is 2. The van der Waals surface area contributed by atoms with Crippen LogP contribution in [-0.2, 0) is 4.79 Å². The highest BCUT2D eigenvalue weighted by atomic mass is 16.1. The van der Waals surface area contributed by atoms with Crippen LogP contribution in [0, 0.1) is 5.92 Å². The predicted octanol–water partition coefficient (Wildman–Crippen LogP) is 0.326. The van der Waals surface area contributed by atoms with Crippen molar-refractivity contribution in [3.8, 4) is 0 Å². The minimum atomic E-state index is -0.331. The van der Waals surface area contributed by atoms with Crippen molar-refractivity contribution in [1.29, 1.82) is 0 Å². The Balaban J connectivity index is 2.12. The molecule has 4 nitrogen and oxygen atoms in total. The number of primary amides is 1. The summed E-state index contributed by atoms with van der Waals surface area (Å²) in [5.74, 6) is 0.577. The Morgan fingerprint density at radius 2 is 2.19 bits per heavy atom. The van der Waals surface area contributed by atoms with Crippen LogP contribution in [0.15, 0.2) is 0 Å². The van der Waals surface area contributed by atoms with Crippen molar-refractivity contribution in [2.45, 2.75) is 38.1 Å². The van der Waals surface area contributed by atoms with Crippen LogP contribution in [0.1, 0.15) is 32.6 Å². The van der Waals surface area contributed by atoms with Crippen LogP contribution >= 0.6 is 0 Å². The van der Waals surface area contributed by atoms with Gasteiger partial charge in [-0.25, -0.2) is 0 Å². The van der Waals surface area contributed by atoms with Gasteiger partial charge in [-0.15, -0.1) is 0 Å². The molecule has 1 saturated carbocycles. The lowest BCUT2D eigenvalue weighted by atomic mass is 9.91. The van der Waals surface area contributed by atoms with Crippen molar-refractivity contribution in [3.05, 3.63) is 0 Å². The third-order valence-corrected chi connectivity index (χ3v) is 4.35. The van der Waals surface area contributed by atoms with Gasteiger partial charge in [0.25, 0.3) is 0 Å². The molecule has 92 valence electrons. The van der Waals surface area contributed by atoms with Crippen LogP contribution in [0.5, 0.6) is 0 Å². The molecular weight excluding hydrogens is 202 g/mol. The van der Waals surface area contributed by atoms with E-state index in [0.717, 1.165) is 45.4 Å². The van der Waals surface area contributed by atoms with E-state index >= 15 is 0 Å². The zero-order valence-electron chi connectivity index (χ0n) is 10.2. The lowest BCUT2D eigenvalue weighted by molar-refractivity contribution is -0.130. The molecule has 1 saturated heterocycles. The lowest BCUT2D eigenvalue weighted by Crippen LogP contribution is -2.61. The number of piperazine rings is 1. The molecule has 0 spiro atoms. The molecule has 4 heteroatoms. The van der Waals surface area contributed by atoms with E-state index in [1.54, 1.807) is 0 Å². The van der Waals surface area contributed by atoms with Gasteiger partial charge in [-0.05, 0) is 25.2 Å². The molecule has 0 radical (unpaired) electrons. The first-order valence-corrected chi connectivity index (χ1v) is 6.44. The molecule has 1 aliphatic carbocycles. The Hall–Kier alpha value is -0.610. The number of hydrogen-bond acceptors (Lipinski definition) is 3. The molecule has 2 rings (SSSR count). The van der Waals surface area contributed by atoms with E-state index in [-0.39, 0.29) is 11.4 Å². The van der Waals surface area contributed by atoms with Gasteiger partial charge >= 0.3 is 0 Å². The maximum absolute atomic E-state index is 11.8. The van der Waals surface area contributed by atoms with Gasteiger partial charge in [0, 0.05) is 26.2 Å². The number of nitrogens with one attached hydrogen (secondary N) is 1. The van der Waals surface area contributed by atoms with E-state index in [4.69, 9.17) is 5.73 Å². The third-order valence-electron chi connectivity index (χ3n) is 4.35. The van der Waals surface area contributed by atoms with Gasteiger partial charge in [-0.3, -0.25) is 9.69 Å². The van der Waals surface area contributed by atoms with Gasteiger partial charge in [0.2, 0.25) is 5.91 Å². The van der Waals surface area contributed by atoms with Gasteiger partial charge in [0.05, 0.1) is 0 Å². The molecule has 16 heavy (non-hydrogen) atoms. The Morgan fingerprint density at radius 3 is 2.69 bits per heavy atom. The highest BCUT2D eigenvalue weighted by Crippen LogP contribution is 2.40. The molecular formula is C12H23N3O. The molecule has 1 aliphatic heterocycles. The number of rotatable bonds is 3. The third kappa shape index (κ3) is 1.96. The molecule has 1 heterocycles. The fourth-order valence-electron chi connectivity index (χ4n) is 3.23. The average molecular weight is 225 g/mol. The molecule has 3 N–H and O–H groups in total. The summed E-state index contributed by atoms with van der Waals surface area (Å²) in [6, 6.07) is 0. The molecule has 2 unspecified atom stereocenters. The quantitative estimate of drug-likeness (QED) is 0.727. The maximum Gasteiger partial charge on any atom is 0.237 e. The minimum absolute atomic E-state index is 0.106. The fraction of sp³-hybridized carbons (Fsp3) is 0.917. The molecule has 0 aromatic rings. The van der Waals surface area contributed by atoms with Crippen molar-refractivity contribution in [2.75, 3.05) is 26.2 Å². The second kappa shape index (κ2) is 4.72. The van der Waals surface area contributed by atoms with E-state index in [1.807, 2.05) is 0 Å². The van der Waals surface area contributed by atoms with Crippen molar-refractivity contribution in [1.82, 2.24) is 10.2 Å². The highest BCUT2D eigenvalue weighted by molar-refractivity contribution is 5.85. The van der Waals surface area contributed by atoms with Crippen LogP contribution in [0.3, 0.4) is 0 Å². The molecule has 2 atom stereocenters. The largest absolute Gasteiger partial charge is 0.368 e. The predicted molar refractivity (Wildman–Crippen MR) is 64.0 cm³/mol. The van der Waals surface area contributed by atoms with Crippen LogP contribution in [-0.4, -0.2) is 42.5 Å². The van der Waals surface area contributed by atoms with Crippen molar-refractivity contribution in [3.63, 3.8) is 0 Å². The van der Waals surface area contributed by atoms with E-state index in [2.05, 4.69) is 17.1 Å². The summed E-state index contributed by atoms with van der Waals surface area (Å²) in [6.45, 7) is 6.08. The first-order valence-electron chi connectivity index (χ1n) is 6.44. The summed E-state index contributed by atoms with van der Waals surface area (Å²) >= 11 is 0. The first kappa shape index (κ1) is 11.9. The molecule has 1 amide bonds. The summed E-state index contributed by atoms with van der Waals surface area (Å²) in [5, 5.41) is 3.33. The van der Waals surface area contributed by atoms with Crippen LogP contribution < -0.4 is 11.1 Å². The average Bonchev–Trinajstić information content (AvgIpc) is 2.75. The van der Waals surface area contributed by atoms with Gasteiger partial charge in [-0.1, -0.05) is 13.3 Å².